The van der Waals surface area contributed by atoms with Gasteiger partial charge in [-0.3, -0.25) is 14.3 Å². The van der Waals surface area contributed by atoms with Crippen molar-refractivity contribution in [3.63, 3.8) is 0 Å². The van der Waals surface area contributed by atoms with E-state index in [0.717, 1.165) is 50.9 Å². The molecule has 0 aromatic carbocycles. The number of aromatic nitrogens is 2. The van der Waals surface area contributed by atoms with E-state index in [1.807, 2.05) is 29.2 Å². The Morgan fingerprint density at radius 3 is 2.88 bits per heavy atom. The monoisotopic (exact) mass is 383 g/mol. The van der Waals surface area contributed by atoms with Gasteiger partial charge in [0.2, 0.25) is 11.8 Å². The van der Waals surface area contributed by atoms with Gasteiger partial charge in [0, 0.05) is 51.8 Å². The minimum Gasteiger partial charge on any atom is -0.342 e. The number of hydrogen-bond donors (Lipinski definition) is 1. The first-order valence-electron chi connectivity index (χ1n) is 9.33. The molecule has 0 unspecified atom stereocenters. The summed E-state index contributed by atoms with van der Waals surface area (Å²) in [6.45, 7) is 2.90. The van der Waals surface area contributed by atoms with Crippen molar-refractivity contribution in [2.24, 2.45) is 18.7 Å². The van der Waals surface area contributed by atoms with E-state index in [9.17, 15) is 9.59 Å². The highest BCUT2D eigenvalue weighted by Gasteiger charge is 2.39. The zero-order chi connectivity index (χ0) is 17.8. The number of likely N-dealkylation sites (tertiary alicyclic amines) is 2. The lowest BCUT2D eigenvalue weighted by atomic mass is 9.83. The summed E-state index contributed by atoms with van der Waals surface area (Å²) >= 11 is 0. The Labute approximate surface area is 161 Å². The second-order valence-corrected chi connectivity index (χ2v) is 7.25. The largest absolute Gasteiger partial charge is 0.342 e. The van der Waals surface area contributed by atoms with Crippen molar-refractivity contribution < 1.29 is 9.59 Å². The van der Waals surface area contributed by atoms with E-state index in [1.54, 1.807) is 4.68 Å². The van der Waals surface area contributed by atoms with Gasteiger partial charge in [0.05, 0.1) is 6.20 Å². The van der Waals surface area contributed by atoms with Crippen molar-refractivity contribution in [3.05, 3.63) is 18.0 Å². The maximum atomic E-state index is 12.6. The Morgan fingerprint density at radius 2 is 2.19 bits per heavy atom. The number of amides is 2. The normalized spacial score (nSPS) is 22.8. The van der Waals surface area contributed by atoms with Crippen molar-refractivity contribution in [1.82, 2.24) is 19.6 Å². The highest BCUT2D eigenvalue weighted by atomic mass is 35.5. The summed E-state index contributed by atoms with van der Waals surface area (Å²) in [5.41, 5.74) is 6.71. The smallest absolute Gasteiger partial charge is 0.222 e. The predicted octanol–water partition coefficient (Wildman–Crippen LogP) is 0.963. The van der Waals surface area contributed by atoms with Gasteiger partial charge in [-0.1, -0.05) is 0 Å². The SMILES string of the molecule is Cl.Cn1cc(CCC(=O)N2CC[C@@H]3[C@@H](CCC(=O)N3CCCN)C2)cn1. The fourth-order valence-corrected chi connectivity index (χ4v) is 4.14. The maximum Gasteiger partial charge on any atom is 0.222 e. The number of fused-ring (bicyclic) bond motifs is 1. The fourth-order valence-electron chi connectivity index (χ4n) is 4.14. The second kappa shape index (κ2) is 9.37. The van der Waals surface area contributed by atoms with Crippen LogP contribution in [0.1, 0.15) is 37.7 Å². The van der Waals surface area contributed by atoms with Crippen LogP contribution in [0.3, 0.4) is 0 Å². The summed E-state index contributed by atoms with van der Waals surface area (Å²) in [6.07, 6.45) is 8.28. The van der Waals surface area contributed by atoms with Gasteiger partial charge in [-0.2, -0.15) is 5.10 Å². The lowest BCUT2D eigenvalue weighted by Gasteiger charge is -2.47. The van der Waals surface area contributed by atoms with E-state index in [1.165, 1.54) is 0 Å². The second-order valence-electron chi connectivity index (χ2n) is 7.25. The van der Waals surface area contributed by atoms with Crippen LogP contribution in [0, 0.1) is 5.92 Å². The van der Waals surface area contributed by atoms with Crippen LogP contribution in [-0.2, 0) is 23.1 Å². The molecule has 0 radical (unpaired) electrons. The molecule has 7 nitrogen and oxygen atoms in total. The Morgan fingerprint density at radius 1 is 1.38 bits per heavy atom. The quantitative estimate of drug-likeness (QED) is 0.793. The van der Waals surface area contributed by atoms with Gasteiger partial charge in [0.15, 0.2) is 0 Å². The topological polar surface area (TPSA) is 84.5 Å². The molecule has 0 spiro atoms. The molecule has 0 saturated carbocycles. The first kappa shape index (κ1) is 20.7. The van der Waals surface area contributed by atoms with Gasteiger partial charge < -0.3 is 15.5 Å². The Bertz CT molecular complexity index is 620. The highest BCUT2D eigenvalue weighted by molar-refractivity contribution is 5.85. The molecule has 3 rings (SSSR count). The van der Waals surface area contributed by atoms with Crippen LogP contribution in [0.5, 0.6) is 0 Å². The highest BCUT2D eigenvalue weighted by Crippen LogP contribution is 2.31. The molecule has 2 aliphatic heterocycles. The van der Waals surface area contributed by atoms with E-state index in [0.29, 0.717) is 25.3 Å². The summed E-state index contributed by atoms with van der Waals surface area (Å²) in [4.78, 5) is 28.8. The molecule has 146 valence electrons. The zero-order valence-electron chi connectivity index (χ0n) is 15.5. The Kier molecular flexibility index (Phi) is 7.46. The number of rotatable bonds is 6. The van der Waals surface area contributed by atoms with Crippen molar-refractivity contribution in [3.8, 4) is 0 Å². The number of nitrogens with zero attached hydrogens (tertiary/aromatic N) is 4. The first-order valence-corrected chi connectivity index (χ1v) is 9.33. The predicted molar refractivity (Wildman–Crippen MR) is 102 cm³/mol. The van der Waals surface area contributed by atoms with Crippen LogP contribution in [0.4, 0.5) is 0 Å². The molecule has 2 saturated heterocycles. The third-order valence-corrected chi connectivity index (χ3v) is 5.49. The van der Waals surface area contributed by atoms with Crippen LogP contribution in [0.25, 0.3) is 0 Å². The van der Waals surface area contributed by atoms with Gasteiger partial charge in [0.1, 0.15) is 0 Å². The van der Waals surface area contributed by atoms with E-state index in [4.69, 9.17) is 5.73 Å². The standard InChI is InChI=1S/C18H29N5O2.ClH/c1-21-12-14(11-20-21)3-5-17(24)22-10-7-16-15(13-22)4-6-18(25)23(16)9-2-8-19;/h11-12,15-16H,2-10,13,19H2,1H3;1H/t15-,16+;/m0./s1. The fraction of sp³-hybridized carbons (Fsp3) is 0.722. The molecule has 2 N–H and O–H groups in total. The molecule has 2 aliphatic rings. The van der Waals surface area contributed by atoms with Crippen molar-refractivity contribution in [2.45, 2.75) is 44.6 Å². The van der Waals surface area contributed by atoms with Gasteiger partial charge >= 0.3 is 0 Å². The van der Waals surface area contributed by atoms with Crippen molar-refractivity contribution in [2.75, 3.05) is 26.2 Å². The zero-order valence-corrected chi connectivity index (χ0v) is 16.3. The molecule has 3 heterocycles. The summed E-state index contributed by atoms with van der Waals surface area (Å²) in [7, 11) is 1.89. The number of hydrogen-bond acceptors (Lipinski definition) is 4. The van der Waals surface area contributed by atoms with Crippen LogP contribution in [0.15, 0.2) is 12.4 Å². The van der Waals surface area contributed by atoms with Crippen molar-refractivity contribution in [1.29, 1.82) is 0 Å². The Balaban J connectivity index is 0.00000243. The molecule has 1 aromatic heterocycles. The maximum absolute atomic E-state index is 12.6. The van der Waals surface area contributed by atoms with Gasteiger partial charge in [0.25, 0.3) is 0 Å². The average Bonchev–Trinajstić information content (AvgIpc) is 3.04. The number of nitrogens with two attached hydrogens (primary N) is 1. The first-order chi connectivity index (χ1) is 12.1. The minimum absolute atomic E-state index is 0. The summed E-state index contributed by atoms with van der Waals surface area (Å²) in [6, 6.07) is 0.287. The van der Waals surface area contributed by atoms with E-state index < -0.39 is 0 Å². The molecule has 2 atom stereocenters. The van der Waals surface area contributed by atoms with Crippen LogP contribution in [0.2, 0.25) is 0 Å². The molecule has 8 heteroatoms. The number of halogens is 1. The van der Waals surface area contributed by atoms with Crippen LogP contribution >= 0.6 is 12.4 Å². The number of carbonyl (C=O) groups is 2. The average molecular weight is 384 g/mol. The van der Waals surface area contributed by atoms with Gasteiger partial charge in [-0.25, -0.2) is 0 Å². The van der Waals surface area contributed by atoms with Gasteiger partial charge in [-0.05, 0) is 43.7 Å². The van der Waals surface area contributed by atoms with Gasteiger partial charge in [-0.15, -0.1) is 12.4 Å². The Hall–Kier alpha value is -1.60. The summed E-state index contributed by atoms with van der Waals surface area (Å²) < 4.78 is 1.76. The minimum atomic E-state index is 0. The molecular weight excluding hydrogens is 354 g/mol. The molecular formula is C18H30ClN5O2. The molecule has 2 amide bonds. The molecule has 26 heavy (non-hydrogen) atoms. The molecule has 0 bridgehead atoms. The molecule has 2 fully saturated rings. The van der Waals surface area contributed by atoms with E-state index in [2.05, 4.69) is 5.10 Å². The van der Waals surface area contributed by atoms with E-state index >= 15 is 0 Å². The third kappa shape index (κ3) is 4.76. The molecule has 1 aromatic rings. The lowest BCUT2D eigenvalue weighted by molar-refractivity contribution is -0.144. The number of aryl methyl sites for hydroxylation is 2. The van der Waals surface area contributed by atoms with Crippen molar-refractivity contribution >= 4 is 24.2 Å². The summed E-state index contributed by atoms with van der Waals surface area (Å²) in [5, 5.41) is 4.15. The lowest BCUT2D eigenvalue weighted by Crippen LogP contribution is -2.57. The van der Waals surface area contributed by atoms with Crippen LogP contribution in [-0.4, -0.2) is 63.6 Å². The third-order valence-electron chi connectivity index (χ3n) is 5.49. The molecule has 0 aliphatic carbocycles. The van der Waals surface area contributed by atoms with Crippen LogP contribution < -0.4 is 5.73 Å². The summed E-state index contributed by atoms with van der Waals surface area (Å²) in [5.74, 6) is 0.880. The number of piperidine rings is 2. The van der Waals surface area contributed by atoms with E-state index in [-0.39, 0.29) is 30.3 Å². The number of carbonyl (C=O) groups excluding carboxylic acids is 2.